The number of aromatic nitrogens is 2. The van der Waals surface area contributed by atoms with E-state index in [0.717, 1.165) is 29.1 Å². The van der Waals surface area contributed by atoms with Crippen LogP contribution >= 0.6 is 12.6 Å². The summed E-state index contributed by atoms with van der Waals surface area (Å²) in [5, 5.41) is 0. The molecule has 0 aliphatic rings. The lowest BCUT2D eigenvalue weighted by Crippen LogP contribution is -1.95. The van der Waals surface area contributed by atoms with Gasteiger partial charge in [-0.05, 0) is 48.9 Å². The maximum atomic E-state index is 4.73. The minimum absolute atomic E-state index is 0.788. The zero-order valence-corrected chi connectivity index (χ0v) is 20.9. The van der Waals surface area contributed by atoms with Gasteiger partial charge in [0.15, 0.2) is 5.82 Å². The fourth-order valence-electron chi connectivity index (χ4n) is 4.12. The van der Waals surface area contributed by atoms with Crippen molar-refractivity contribution in [3.05, 3.63) is 41.7 Å². The van der Waals surface area contributed by atoms with E-state index in [-0.39, 0.29) is 0 Å². The average molecular weight is 441 g/mol. The second-order valence-electron chi connectivity index (χ2n) is 9.01. The van der Waals surface area contributed by atoms with Crippen LogP contribution in [0.1, 0.15) is 115 Å². The van der Waals surface area contributed by atoms with Crippen molar-refractivity contribution in [2.75, 3.05) is 0 Å². The van der Waals surface area contributed by atoms with Crippen LogP contribution in [-0.2, 0) is 12.8 Å². The second kappa shape index (κ2) is 16.3. The molecule has 0 saturated heterocycles. The van der Waals surface area contributed by atoms with Gasteiger partial charge in [0.25, 0.3) is 0 Å². The molecule has 1 aromatic carbocycles. The van der Waals surface area contributed by atoms with Crippen LogP contribution in [0, 0.1) is 0 Å². The van der Waals surface area contributed by atoms with Gasteiger partial charge in [-0.25, -0.2) is 9.97 Å². The van der Waals surface area contributed by atoms with E-state index in [9.17, 15) is 0 Å². The molecule has 0 aliphatic heterocycles. The first kappa shape index (κ1) is 25.9. The third kappa shape index (κ3) is 10.7. The Morgan fingerprint density at radius 2 is 1.10 bits per heavy atom. The molecule has 0 aliphatic carbocycles. The summed E-state index contributed by atoms with van der Waals surface area (Å²) in [5.41, 5.74) is 3.65. The molecule has 0 atom stereocenters. The molecule has 1 aromatic heterocycles. The molecule has 0 N–H and O–H groups in total. The highest BCUT2D eigenvalue weighted by molar-refractivity contribution is 7.80. The standard InChI is InChI=1S/C28H44N2S/c1-3-5-7-9-11-13-15-17-24-19-20-26(27(31)21-24)28-29-22-25(23-30-28)18-16-14-12-10-8-6-4-2/h19-23,31H,3-18H2,1-2H3. The van der Waals surface area contributed by atoms with Gasteiger partial charge in [0, 0.05) is 22.9 Å². The highest BCUT2D eigenvalue weighted by atomic mass is 32.1. The summed E-state index contributed by atoms with van der Waals surface area (Å²) in [5.74, 6) is 0.788. The monoisotopic (exact) mass is 440 g/mol. The Morgan fingerprint density at radius 1 is 0.613 bits per heavy atom. The summed E-state index contributed by atoms with van der Waals surface area (Å²) >= 11 is 4.73. The van der Waals surface area contributed by atoms with Gasteiger partial charge in [0.2, 0.25) is 0 Å². The van der Waals surface area contributed by atoms with E-state index in [4.69, 9.17) is 12.6 Å². The smallest absolute Gasteiger partial charge is 0.160 e. The van der Waals surface area contributed by atoms with E-state index in [1.807, 2.05) is 12.4 Å². The summed E-state index contributed by atoms with van der Waals surface area (Å²) in [6.45, 7) is 4.54. The van der Waals surface area contributed by atoms with Crippen LogP contribution < -0.4 is 0 Å². The van der Waals surface area contributed by atoms with Crippen LogP contribution in [-0.4, -0.2) is 9.97 Å². The predicted octanol–water partition coefficient (Wildman–Crippen LogP) is 9.02. The van der Waals surface area contributed by atoms with Crippen molar-refractivity contribution in [3.8, 4) is 11.4 Å². The lowest BCUT2D eigenvalue weighted by Gasteiger charge is -2.08. The zero-order chi connectivity index (χ0) is 22.2. The van der Waals surface area contributed by atoms with Crippen LogP contribution in [0.15, 0.2) is 35.5 Å². The zero-order valence-electron chi connectivity index (χ0n) is 20.0. The van der Waals surface area contributed by atoms with Crippen molar-refractivity contribution in [2.45, 2.75) is 121 Å². The molecule has 0 unspecified atom stereocenters. The van der Waals surface area contributed by atoms with Crippen LogP contribution in [0.5, 0.6) is 0 Å². The highest BCUT2D eigenvalue weighted by Crippen LogP contribution is 2.25. The van der Waals surface area contributed by atoms with E-state index < -0.39 is 0 Å². The van der Waals surface area contributed by atoms with Gasteiger partial charge >= 0.3 is 0 Å². The van der Waals surface area contributed by atoms with Gasteiger partial charge in [-0.2, -0.15) is 0 Å². The molecule has 172 valence electrons. The molecule has 3 heteroatoms. The quantitative estimate of drug-likeness (QED) is 0.196. The Balaban J connectivity index is 1.73. The van der Waals surface area contributed by atoms with Gasteiger partial charge in [-0.15, -0.1) is 12.6 Å². The largest absolute Gasteiger partial charge is 0.236 e. The third-order valence-corrected chi connectivity index (χ3v) is 6.52. The maximum Gasteiger partial charge on any atom is 0.160 e. The van der Waals surface area contributed by atoms with Crippen molar-refractivity contribution < 1.29 is 0 Å². The fraction of sp³-hybridized carbons (Fsp3) is 0.643. The summed E-state index contributed by atoms with van der Waals surface area (Å²) in [7, 11) is 0. The van der Waals surface area contributed by atoms with Crippen LogP contribution in [0.25, 0.3) is 11.4 Å². The van der Waals surface area contributed by atoms with Crippen molar-refractivity contribution in [1.82, 2.24) is 9.97 Å². The van der Waals surface area contributed by atoms with Gasteiger partial charge in [-0.1, -0.05) is 97.0 Å². The summed E-state index contributed by atoms with van der Waals surface area (Å²) in [6.07, 6.45) is 25.0. The van der Waals surface area contributed by atoms with Crippen LogP contribution in [0.4, 0.5) is 0 Å². The second-order valence-corrected chi connectivity index (χ2v) is 9.49. The Kier molecular flexibility index (Phi) is 13.6. The van der Waals surface area contributed by atoms with E-state index in [1.54, 1.807) is 0 Å². The highest BCUT2D eigenvalue weighted by Gasteiger charge is 2.07. The number of rotatable bonds is 17. The van der Waals surface area contributed by atoms with Gasteiger partial charge < -0.3 is 0 Å². The molecular weight excluding hydrogens is 396 g/mol. The van der Waals surface area contributed by atoms with Crippen LogP contribution in [0.2, 0.25) is 0 Å². The fourth-order valence-corrected chi connectivity index (χ4v) is 4.46. The van der Waals surface area contributed by atoms with Gasteiger partial charge in [-0.3, -0.25) is 0 Å². The van der Waals surface area contributed by atoms with Crippen molar-refractivity contribution in [3.63, 3.8) is 0 Å². The van der Waals surface area contributed by atoms with E-state index in [0.29, 0.717) is 0 Å². The molecule has 0 radical (unpaired) electrons. The molecule has 0 spiro atoms. The van der Waals surface area contributed by atoms with Crippen molar-refractivity contribution >= 4 is 12.6 Å². The maximum absolute atomic E-state index is 4.73. The van der Waals surface area contributed by atoms with E-state index in [1.165, 1.54) is 101 Å². The Hall–Kier alpha value is -1.35. The van der Waals surface area contributed by atoms with E-state index in [2.05, 4.69) is 42.0 Å². The molecule has 2 rings (SSSR count). The number of nitrogens with zero attached hydrogens (tertiary/aromatic N) is 2. The van der Waals surface area contributed by atoms with Gasteiger partial charge in [0.1, 0.15) is 0 Å². The first-order valence-electron chi connectivity index (χ1n) is 12.9. The molecule has 31 heavy (non-hydrogen) atoms. The Morgan fingerprint density at radius 3 is 1.61 bits per heavy atom. The molecule has 0 saturated carbocycles. The Bertz CT molecular complexity index is 711. The SMILES string of the molecule is CCCCCCCCCc1cnc(-c2ccc(CCCCCCCCC)cc2S)nc1. The molecule has 2 aromatic rings. The normalized spacial score (nSPS) is 11.2. The lowest BCUT2D eigenvalue weighted by molar-refractivity contribution is 0.589. The number of hydrogen-bond acceptors (Lipinski definition) is 3. The van der Waals surface area contributed by atoms with E-state index >= 15 is 0 Å². The first-order chi connectivity index (χ1) is 15.2. The summed E-state index contributed by atoms with van der Waals surface area (Å²) in [4.78, 5) is 10.2. The first-order valence-corrected chi connectivity index (χ1v) is 13.3. The minimum atomic E-state index is 0.788. The molecule has 0 amide bonds. The predicted molar refractivity (Wildman–Crippen MR) is 138 cm³/mol. The number of unbranched alkanes of at least 4 members (excludes halogenated alkanes) is 12. The topological polar surface area (TPSA) is 25.8 Å². The van der Waals surface area contributed by atoms with Crippen LogP contribution in [0.3, 0.4) is 0 Å². The Labute approximate surface area is 197 Å². The lowest BCUT2D eigenvalue weighted by atomic mass is 10.0. The number of thiol groups is 1. The molecule has 1 heterocycles. The summed E-state index contributed by atoms with van der Waals surface area (Å²) < 4.78 is 0. The minimum Gasteiger partial charge on any atom is -0.236 e. The van der Waals surface area contributed by atoms with Gasteiger partial charge in [0.05, 0.1) is 0 Å². The summed E-state index contributed by atoms with van der Waals surface area (Å²) in [6, 6.07) is 6.57. The van der Waals surface area contributed by atoms with Crippen molar-refractivity contribution in [2.24, 2.45) is 0 Å². The molecule has 2 nitrogen and oxygen atoms in total. The number of hydrogen-bond donors (Lipinski definition) is 1. The van der Waals surface area contributed by atoms with Crippen molar-refractivity contribution in [1.29, 1.82) is 0 Å². The molecular formula is C28H44N2S. The average Bonchev–Trinajstić information content (AvgIpc) is 2.78. The number of aryl methyl sites for hydroxylation is 2. The number of benzene rings is 1. The third-order valence-electron chi connectivity index (χ3n) is 6.15. The molecule has 0 bridgehead atoms. The molecule has 0 fully saturated rings.